The van der Waals surface area contributed by atoms with Crippen LogP contribution < -0.4 is 10.3 Å². The molecule has 1 amide bonds. The predicted molar refractivity (Wildman–Crippen MR) is 129 cm³/mol. The first kappa shape index (κ1) is 24.9. The normalized spacial score (nSPS) is 24.7. The topological polar surface area (TPSA) is 133 Å². The molecule has 0 radical (unpaired) electrons. The Morgan fingerprint density at radius 3 is 2.69 bits per heavy atom. The van der Waals surface area contributed by atoms with Gasteiger partial charge in [0.25, 0.3) is 17.9 Å². The van der Waals surface area contributed by atoms with E-state index in [1.165, 1.54) is 0 Å². The fourth-order valence-electron chi connectivity index (χ4n) is 5.65. The van der Waals surface area contributed by atoms with Gasteiger partial charge in [-0.2, -0.15) is 0 Å². The summed E-state index contributed by atoms with van der Waals surface area (Å²) in [5, 5.41) is 17.7. The van der Waals surface area contributed by atoms with E-state index in [4.69, 9.17) is 14.6 Å². The van der Waals surface area contributed by atoms with Crippen molar-refractivity contribution in [3.8, 4) is 5.75 Å². The number of rotatable bonds is 4. The Kier molecular flexibility index (Phi) is 7.54. The number of carbonyl (C=O) groups excluding carboxylic acids is 1. The van der Waals surface area contributed by atoms with Crippen LogP contribution in [-0.2, 0) is 24.1 Å². The van der Waals surface area contributed by atoms with Gasteiger partial charge >= 0.3 is 0 Å². The molecule has 1 saturated heterocycles. The van der Waals surface area contributed by atoms with Crippen molar-refractivity contribution in [2.24, 2.45) is 11.8 Å². The zero-order chi connectivity index (χ0) is 25.1. The molecule has 0 unspecified atom stereocenters. The van der Waals surface area contributed by atoms with Crippen LogP contribution in [0.15, 0.2) is 23.0 Å². The summed E-state index contributed by atoms with van der Waals surface area (Å²) in [6.07, 6.45) is 3.97. The summed E-state index contributed by atoms with van der Waals surface area (Å²) in [6.45, 7) is 4.93. The van der Waals surface area contributed by atoms with Gasteiger partial charge in [0, 0.05) is 24.5 Å². The highest BCUT2D eigenvalue weighted by atomic mass is 16.5. The van der Waals surface area contributed by atoms with Gasteiger partial charge in [-0.05, 0) is 81.0 Å². The standard InChI is InChI=1S/C25H31N3O4.CH2O2/c1-3-19-22(8-7-14(2)26-19)32-23-11-17-13-28(12-16(17)10-21(23)29)25(31)18-9-15-5-4-6-20(15)27-24(18)30;2-1-3/h7-9,16-17,21,23,29H,3-6,10-13H2,1-2H3,(H,27,30);1H,(H,2,3)/t16-,17+,21+,23+;/m0./s1. The summed E-state index contributed by atoms with van der Waals surface area (Å²) >= 11 is 0. The number of ether oxygens (including phenoxy) is 1. The summed E-state index contributed by atoms with van der Waals surface area (Å²) < 4.78 is 6.23. The lowest BCUT2D eigenvalue weighted by Crippen LogP contribution is -2.42. The number of aliphatic hydroxyl groups excluding tert-OH is 1. The predicted octanol–water partition coefficient (Wildman–Crippen LogP) is 2.12. The Hall–Kier alpha value is -3.20. The van der Waals surface area contributed by atoms with E-state index in [2.05, 4.69) is 9.97 Å². The fourth-order valence-corrected chi connectivity index (χ4v) is 5.65. The van der Waals surface area contributed by atoms with E-state index in [1.807, 2.05) is 26.0 Å². The van der Waals surface area contributed by atoms with Crippen LogP contribution >= 0.6 is 0 Å². The molecule has 9 nitrogen and oxygen atoms in total. The number of aliphatic hydroxyl groups is 1. The highest BCUT2D eigenvalue weighted by Crippen LogP contribution is 2.39. The van der Waals surface area contributed by atoms with Gasteiger partial charge in [-0.15, -0.1) is 0 Å². The van der Waals surface area contributed by atoms with Crippen molar-refractivity contribution in [2.45, 2.75) is 64.6 Å². The van der Waals surface area contributed by atoms with E-state index in [0.717, 1.165) is 54.1 Å². The molecule has 2 aromatic heterocycles. The smallest absolute Gasteiger partial charge is 0.290 e. The molecular weight excluding hydrogens is 450 g/mol. The second-order valence-electron chi connectivity index (χ2n) is 9.65. The number of hydrogen-bond donors (Lipinski definition) is 3. The Bertz CT molecular complexity index is 1150. The molecule has 4 atom stereocenters. The van der Waals surface area contributed by atoms with Crippen LogP contribution in [0.1, 0.15) is 59.2 Å². The van der Waals surface area contributed by atoms with Crippen LogP contribution in [0.4, 0.5) is 0 Å². The van der Waals surface area contributed by atoms with Crippen LogP contribution in [0.25, 0.3) is 0 Å². The molecule has 3 aliphatic rings. The average molecular weight is 484 g/mol. The summed E-state index contributed by atoms with van der Waals surface area (Å²) in [6, 6.07) is 5.66. The number of H-pyrrole nitrogens is 1. The maximum absolute atomic E-state index is 13.2. The first-order chi connectivity index (χ1) is 16.8. The van der Waals surface area contributed by atoms with E-state index < -0.39 is 6.10 Å². The summed E-state index contributed by atoms with van der Waals surface area (Å²) in [5.74, 6) is 1.02. The van der Waals surface area contributed by atoms with Crippen molar-refractivity contribution in [3.05, 3.63) is 56.8 Å². The van der Waals surface area contributed by atoms with Crippen molar-refractivity contribution in [2.75, 3.05) is 13.1 Å². The number of hydrogen-bond acceptors (Lipinski definition) is 6. The molecule has 3 N–H and O–H groups in total. The fraction of sp³-hybridized carbons (Fsp3) is 0.538. The van der Waals surface area contributed by atoms with E-state index in [0.29, 0.717) is 25.9 Å². The largest absolute Gasteiger partial charge is 0.486 e. The van der Waals surface area contributed by atoms with Crippen molar-refractivity contribution >= 4 is 12.4 Å². The molecule has 2 aromatic rings. The molecule has 9 heteroatoms. The van der Waals surface area contributed by atoms with Gasteiger partial charge in [-0.25, -0.2) is 0 Å². The summed E-state index contributed by atoms with van der Waals surface area (Å²) in [5.41, 5.74) is 3.87. The number of fused-ring (bicyclic) bond motifs is 2. The number of aromatic nitrogens is 2. The molecule has 5 rings (SSSR count). The van der Waals surface area contributed by atoms with Crippen molar-refractivity contribution < 1.29 is 24.5 Å². The second-order valence-corrected chi connectivity index (χ2v) is 9.65. The number of pyridine rings is 2. The molecule has 0 spiro atoms. The Morgan fingerprint density at radius 1 is 1.26 bits per heavy atom. The van der Waals surface area contributed by atoms with E-state index >= 15 is 0 Å². The maximum Gasteiger partial charge on any atom is 0.290 e. The SMILES string of the molecule is CCc1nc(C)ccc1O[C@@H]1C[C@@H]2CN(C(=O)c3cc4c([nH]c3=O)CCC4)C[C@@H]2C[C@H]1O.O=CO. The Labute approximate surface area is 204 Å². The molecule has 2 fully saturated rings. The molecule has 35 heavy (non-hydrogen) atoms. The van der Waals surface area contributed by atoms with Gasteiger partial charge in [0.2, 0.25) is 0 Å². The third-order valence-corrected chi connectivity index (χ3v) is 7.38. The van der Waals surface area contributed by atoms with Gasteiger partial charge in [0.15, 0.2) is 0 Å². The zero-order valence-electron chi connectivity index (χ0n) is 20.2. The minimum absolute atomic E-state index is 0.196. The van der Waals surface area contributed by atoms with Gasteiger partial charge in [-0.3, -0.25) is 19.4 Å². The maximum atomic E-state index is 13.2. The first-order valence-corrected chi connectivity index (χ1v) is 12.3. The highest BCUT2D eigenvalue weighted by Gasteiger charge is 2.44. The number of nitrogens with zero attached hydrogens (tertiary/aromatic N) is 2. The minimum Gasteiger partial charge on any atom is -0.486 e. The number of aromatic amines is 1. The molecule has 0 bridgehead atoms. The average Bonchev–Trinajstić information content (AvgIpc) is 3.46. The lowest BCUT2D eigenvalue weighted by Gasteiger charge is -2.35. The van der Waals surface area contributed by atoms with Crippen LogP contribution in [0.5, 0.6) is 5.75 Å². The van der Waals surface area contributed by atoms with Crippen molar-refractivity contribution in [1.29, 1.82) is 0 Å². The van der Waals surface area contributed by atoms with Crippen LogP contribution in [-0.4, -0.2) is 62.8 Å². The molecule has 1 aliphatic heterocycles. The molecule has 1 saturated carbocycles. The molecule has 0 aromatic carbocycles. The van der Waals surface area contributed by atoms with Crippen LogP contribution in [0.2, 0.25) is 0 Å². The number of nitrogens with one attached hydrogen (secondary N) is 1. The second kappa shape index (κ2) is 10.6. The lowest BCUT2D eigenvalue weighted by atomic mass is 9.78. The number of amides is 1. The summed E-state index contributed by atoms with van der Waals surface area (Å²) in [4.78, 5) is 43.3. The van der Waals surface area contributed by atoms with Crippen LogP contribution in [0.3, 0.4) is 0 Å². The molecule has 2 aliphatic carbocycles. The highest BCUT2D eigenvalue weighted by molar-refractivity contribution is 5.94. The van der Waals surface area contributed by atoms with Crippen LogP contribution in [0, 0.1) is 18.8 Å². The van der Waals surface area contributed by atoms with E-state index in [-0.39, 0.29) is 41.4 Å². The first-order valence-electron chi connectivity index (χ1n) is 12.3. The monoisotopic (exact) mass is 483 g/mol. The molecule has 3 heterocycles. The van der Waals surface area contributed by atoms with E-state index in [1.54, 1.807) is 11.0 Å². The molecule has 188 valence electrons. The number of carboxylic acid groups (broad SMARTS) is 1. The van der Waals surface area contributed by atoms with Gasteiger partial charge in [-0.1, -0.05) is 6.92 Å². The third kappa shape index (κ3) is 5.24. The van der Waals surface area contributed by atoms with E-state index in [9.17, 15) is 14.7 Å². The minimum atomic E-state index is -0.583. The lowest BCUT2D eigenvalue weighted by molar-refractivity contribution is -0.122. The molecular formula is C26H33N3O6. The quantitative estimate of drug-likeness (QED) is 0.568. The third-order valence-electron chi connectivity index (χ3n) is 7.38. The number of aryl methyl sites for hydroxylation is 4. The number of likely N-dealkylation sites (tertiary alicyclic amines) is 1. The zero-order valence-corrected chi connectivity index (χ0v) is 20.2. The Balaban J connectivity index is 0.000000917. The van der Waals surface area contributed by atoms with Gasteiger partial charge < -0.3 is 24.8 Å². The van der Waals surface area contributed by atoms with Crippen molar-refractivity contribution in [1.82, 2.24) is 14.9 Å². The number of carbonyl (C=O) groups is 2. The Morgan fingerprint density at radius 2 is 1.97 bits per heavy atom. The summed E-state index contributed by atoms with van der Waals surface area (Å²) in [7, 11) is 0. The van der Waals surface area contributed by atoms with Crippen molar-refractivity contribution in [3.63, 3.8) is 0 Å². The van der Waals surface area contributed by atoms with Gasteiger partial charge in [0.05, 0.1) is 11.8 Å². The van der Waals surface area contributed by atoms with Gasteiger partial charge in [0.1, 0.15) is 17.4 Å².